The zero-order valence-corrected chi connectivity index (χ0v) is 14.0. The van der Waals surface area contributed by atoms with E-state index in [1.165, 1.54) is 20.3 Å². The number of hydrogen-bond donors (Lipinski definition) is 1. The van der Waals surface area contributed by atoms with E-state index in [1.807, 2.05) is 6.92 Å². The minimum Gasteiger partial charge on any atom is -0.497 e. The number of halogens is 1. The number of ether oxygens (including phenoxy) is 2. The molecule has 5 nitrogen and oxygen atoms in total. The zero-order valence-electron chi connectivity index (χ0n) is 12.4. The molecule has 0 aromatic heterocycles. The maximum Gasteiger partial charge on any atom is 0.263 e. The smallest absolute Gasteiger partial charge is 0.263 e. The van der Waals surface area contributed by atoms with Crippen molar-refractivity contribution in [2.45, 2.75) is 11.8 Å². The quantitative estimate of drug-likeness (QED) is 0.904. The Labute approximate surface area is 134 Å². The van der Waals surface area contributed by atoms with E-state index in [-0.39, 0.29) is 9.92 Å². The van der Waals surface area contributed by atoms with Crippen molar-refractivity contribution < 1.29 is 17.9 Å². The van der Waals surface area contributed by atoms with Gasteiger partial charge in [0.05, 0.1) is 24.9 Å². The number of anilines is 1. The summed E-state index contributed by atoms with van der Waals surface area (Å²) < 4.78 is 37.7. The maximum atomic E-state index is 12.5. The van der Waals surface area contributed by atoms with Crippen molar-refractivity contribution >= 4 is 27.3 Å². The molecule has 118 valence electrons. The molecule has 0 atom stereocenters. The lowest BCUT2D eigenvalue weighted by molar-refractivity contribution is 0.395. The summed E-state index contributed by atoms with van der Waals surface area (Å²) in [5.41, 5.74) is 1.19. The summed E-state index contributed by atoms with van der Waals surface area (Å²) in [4.78, 5) is 0.0117. The van der Waals surface area contributed by atoms with Crippen molar-refractivity contribution in [2.75, 3.05) is 18.9 Å². The Bertz CT molecular complexity index is 790. The molecule has 0 aliphatic rings. The first-order valence-electron chi connectivity index (χ1n) is 6.38. The van der Waals surface area contributed by atoms with Crippen molar-refractivity contribution in [3.05, 3.63) is 47.0 Å². The lowest BCUT2D eigenvalue weighted by Gasteiger charge is -2.14. The van der Waals surface area contributed by atoms with Crippen molar-refractivity contribution in [3.8, 4) is 11.5 Å². The second kappa shape index (κ2) is 6.46. The minimum absolute atomic E-state index is 0.0117. The molecule has 0 aliphatic heterocycles. The Hall–Kier alpha value is -1.92. The van der Waals surface area contributed by atoms with Gasteiger partial charge in [0.15, 0.2) is 0 Å². The van der Waals surface area contributed by atoms with E-state index in [4.69, 9.17) is 21.1 Å². The summed E-state index contributed by atoms with van der Waals surface area (Å²) in [6.07, 6.45) is 0. The number of rotatable bonds is 5. The first-order valence-corrected chi connectivity index (χ1v) is 8.24. The van der Waals surface area contributed by atoms with Gasteiger partial charge in [-0.1, -0.05) is 17.7 Å². The fraction of sp³-hybridized carbons (Fsp3) is 0.200. The van der Waals surface area contributed by atoms with Crippen LogP contribution in [0.25, 0.3) is 0 Å². The number of benzene rings is 2. The van der Waals surface area contributed by atoms with Crippen LogP contribution in [0.1, 0.15) is 5.56 Å². The molecule has 0 spiro atoms. The highest BCUT2D eigenvalue weighted by molar-refractivity contribution is 7.92. The van der Waals surface area contributed by atoms with Crippen molar-refractivity contribution in [1.29, 1.82) is 0 Å². The molecule has 0 aliphatic carbocycles. The van der Waals surface area contributed by atoms with Crippen LogP contribution in [0.2, 0.25) is 5.02 Å². The molecule has 1 N–H and O–H groups in total. The molecule has 22 heavy (non-hydrogen) atoms. The van der Waals surface area contributed by atoms with Gasteiger partial charge in [-0.3, -0.25) is 4.72 Å². The van der Waals surface area contributed by atoms with E-state index in [9.17, 15) is 8.42 Å². The summed E-state index contributed by atoms with van der Waals surface area (Å²) in [6, 6.07) is 9.55. The Balaban J connectivity index is 2.40. The summed E-state index contributed by atoms with van der Waals surface area (Å²) in [7, 11) is -0.847. The molecule has 0 saturated heterocycles. The second-order valence-corrected chi connectivity index (χ2v) is 6.66. The van der Waals surface area contributed by atoms with E-state index in [1.54, 1.807) is 30.3 Å². The molecule has 7 heteroatoms. The van der Waals surface area contributed by atoms with Gasteiger partial charge < -0.3 is 9.47 Å². The van der Waals surface area contributed by atoms with Crippen LogP contribution in [0.5, 0.6) is 11.5 Å². The largest absolute Gasteiger partial charge is 0.497 e. The molecule has 0 radical (unpaired) electrons. The van der Waals surface area contributed by atoms with Crippen LogP contribution in [0.15, 0.2) is 41.3 Å². The van der Waals surface area contributed by atoms with Crippen LogP contribution in [0, 0.1) is 6.92 Å². The SMILES string of the molecule is COc1ccc(NS(=O)(=O)c2ccc(C)cc2Cl)c(OC)c1. The lowest BCUT2D eigenvalue weighted by Crippen LogP contribution is -2.14. The van der Waals surface area contributed by atoms with Crippen LogP contribution in [0.4, 0.5) is 5.69 Å². The fourth-order valence-corrected chi connectivity index (χ4v) is 3.58. The van der Waals surface area contributed by atoms with Gasteiger partial charge in [-0.25, -0.2) is 8.42 Å². The maximum absolute atomic E-state index is 12.5. The lowest BCUT2D eigenvalue weighted by atomic mass is 10.2. The van der Waals surface area contributed by atoms with Gasteiger partial charge in [-0.15, -0.1) is 0 Å². The van der Waals surface area contributed by atoms with E-state index < -0.39 is 10.0 Å². The number of sulfonamides is 1. The highest BCUT2D eigenvalue weighted by Crippen LogP contribution is 2.32. The average Bonchev–Trinajstić information content (AvgIpc) is 2.46. The highest BCUT2D eigenvalue weighted by Gasteiger charge is 2.20. The molecule has 0 heterocycles. The summed E-state index contributed by atoms with van der Waals surface area (Å²) in [5.74, 6) is 0.916. The molecule has 2 rings (SSSR count). The Morgan fingerprint density at radius 2 is 1.77 bits per heavy atom. The molecule has 0 fully saturated rings. The van der Waals surface area contributed by atoms with E-state index >= 15 is 0 Å². The van der Waals surface area contributed by atoms with Gasteiger partial charge in [-0.05, 0) is 36.8 Å². The average molecular weight is 342 g/mol. The predicted molar refractivity (Wildman–Crippen MR) is 86.5 cm³/mol. The monoisotopic (exact) mass is 341 g/mol. The van der Waals surface area contributed by atoms with Crippen LogP contribution in [-0.4, -0.2) is 22.6 Å². The third-order valence-electron chi connectivity index (χ3n) is 3.03. The Kier molecular flexibility index (Phi) is 4.83. The van der Waals surface area contributed by atoms with Crippen LogP contribution < -0.4 is 14.2 Å². The first kappa shape index (κ1) is 16.5. The Morgan fingerprint density at radius 3 is 2.36 bits per heavy atom. The zero-order chi connectivity index (χ0) is 16.3. The third kappa shape index (κ3) is 3.45. The van der Waals surface area contributed by atoms with Gasteiger partial charge >= 0.3 is 0 Å². The predicted octanol–water partition coefficient (Wildman–Crippen LogP) is 3.47. The van der Waals surface area contributed by atoms with E-state index in [2.05, 4.69) is 4.72 Å². The minimum atomic E-state index is -3.82. The van der Waals surface area contributed by atoms with Crippen LogP contribution in [-0.2, 0) is 10.0 Å². The second-order valence-electron chi connectivity index (χ2n) is 4.61. The first-order chi connectivity index (χ1) is 10.4. The van der Waals surface area contributed by atoms with Crippen molar-refractivity contribution in [2.24, 2.45) is 0 Å². The summed E-state index contributed by atoms with van der Waals surface area (Å²) >= 11 is 6.03. The topological polar surface area (TPSA) is 64.6 Å². The van der Waals surface area contributed by atoms with Crippen LogP contribution in [0.3, 0.4) is 0 Å². The number of aryl methyl sites for hydroxylation is 1. The summed E-state index contributed by atoms with van der Waals surface area (Å²) in [5, 5.41) is 0.167. The molecule has 2 aromatic carbocycles. The fourth-order valence-electron chi connectivity index (χ4n) is 1.91. The third-order valence-corrected chi connectivity index (χ3v) is 4.88. The van der Waals surface area contributed by atoms with Gasteiger partial charge in [-0.2, -0.15) is 0 Å². The highest BCUT2D eigenvalue weighted by atomic mass is 35.5. The molecule has 0 bridgehead atoms. The molecule has 0 saturated carbocycles. The summed E-state index contributed by atoms with van der Waals surface area (Å²) in [6.45, 7) is 1.84. The molecular weight excluding hydrogens is 326 g/mol. The normalized spacial score (nSPS) is 11.1. The Morgan fingerprint density at radius 1 is 1.05 bits per heavy atom. The van der Waals surface area contributed by atoms with Crippen molar-refractivity contribution in [1.82, 2.24) is 0 Å². The van der Waals surface area contributed by atoms with E-state index in [0.717, 1.165) is 5.56 Å². The number of nitrogens with one attached hydrogen (secondary N) is 1. The van der Waals surface area contributed by atoms with Gasteiger partial charge in [0, 0.05) is 6.07 Å². The number of hydrogen-bond acceptors (Lipinski definition) is 4. The van der Waals surface area contributed by atoms with E-state index in [0.29, 0.717) is 17.2 Å². The van der Waals surface area contributed by atoms with Gasteiger partial charge in [0.2, 0.25) is 0 Å². The van der Waals surface area contributed by atoms with Crippen LogP contribution >= 0.6 is 11.6 Å². The molecule has 2 aromatic rings. The molecule has 0 amide bonds. The standard InChI is InChI=1S/C15H16ClNO4S/c1-10-4-7-15(12(16)8-10)22(18,19)17-13-6-5-11(20-2)9-14(13)21-3/h4-9,17H,1-3H3. The molecular formula is C15H16ClNO4S. The molecule has 0 unspecified atom stereocenters. The van der Waals surface area contributed by atoms with Crippen molar-refractivity contribution in [3.63, 3.8) is 0 Å². The van der Waals surface area contributed by atoms with Gasteiger partial charge in [0.1, 0.15) is 16.4 Å². The van der Waals surface area contributed by atoms with Gasteiger partial charge in [0.25, 0.3) is 10.0 Å². The number of methoxy groups -OCH3 is 2.